The Bertz CT molecular complexity index is 935. The number of ether oxygens (including phenoxy) is 2. The van der Waals surface area contributed by atoms with Crippen molar-refractivity contribution in [1.29, 1.82) is 0 Å². The van der Waals surface area contributed by atoms with Crippen molar-refractivity contribution in [2.75, 3.05) is 19.8 Å². The van der Waals surface area contributed by atoms with E-state index in [1.165, 1.54) is 5.56 Å². The van der Waals surface area contributed by atoms with Crippen molar-refractivity contribution < 1.29 is 17.9 Å². The van der Waals surface area contributed by atoms with Crippen molar-refractivity contribution in [2.45, 2.75) is 30.7 Å². The van der Waals surface area contributed by atoms with Crippen LogP contribution in [0.5, 0.6) is 11.5 Å². The van der Waals surface area contributed by atoms with Gasteiger partial charge in [0.1, 0.15) is 16.4 Å². The van der Waals surface area contributed by atoms with E-state index < -0.39 is 10.0 Å². The van der Waals surface area contributed by atoms with Crippen LogP contribution < -0.4 is 9.47 Å². The molecule has 0 spiro atoms. The molecule has 2 aromatic rings. The fourth-order valence-electron chi connectivity index (χ4n) is 4.02. The quantitative estimate of drug-likeness (QED) is 0.828. The lowest BCUT2D eigenvalue weighted by Gasteiger charge is -2.29. The lowest BCUT2D eigenvalue weighted by Crippen LogP contribution is -2.36. The second-order valence-corrected chi connectivity index (χ2v) is 8.60. The van der Waals surface area contributed by atoms with E-state index in [0.717, 1.165) is 29.5 Å². The molecule has 0 fully saturated rings. The highest BCUT2D eigenvalue weighted by Gasteiger charge is 2.38. The zero-order chi connectivity index (χ0) is 17.0. The van der Waals surface area contributed by atoms with Gasteiger partial charge in [-0.2, -0.15) is 4.31 Å². The van der Waals surface area contributed by atoms with Crippen LogP contribution in [-0.4, -0.2) is 32.5 Å². The van der Waals surface area contributed by atoms with E-state index in [0.29, 0.717) is 49.1 Å². The van der Waals surface area contributed by atoms with Crippen molar-refractivity contribution in [3.05, 3.63) is 52.6 Å². The summed E-state index contributed by atoms with van der Waals surface area (Å²) in [5, 5.41) is 0. The molecule has 0 radical (unpaired) electrons. The lowest BCUT2D eigenvalue weighted by molar-refractivity contribution is 0.343. The number of hydrogen-bond acceptors (Lipinski definition) is 4. The van der Waals surface area contributed by atoms with Gasteiger partial charge in [-0.25, -0.2) is 8.42 Å². The number of benzene rings is 2. The number of sulfonamides is 1. The molecule has 0 amide bonds. The maximum Gasteiger partial charge on any atom is 0.247 e. The summed E-state index contributed by atoms with van der Waals surface area (Å²) in [6.45, 7) is 1.98. The smallest absolute Gasteiger partial charge is 0.247 e. The summed E-state index contributed by atoms with van der Waals surface area (Å²) in [6, 6.07) is 10.0. The van der Waals surface area contributed by atoms with Crippen molar-refractivity contribution >= 4 is 10.0 Å². The molecule has 0 atom stereocenters. The van der Waals surface area contributed by atoms with E-state index in [2.05, 4.69) is 6.07 Å². The normalized spacial score (nSPS) is 18.9. The van der Waals surface area contributed by atoms with Crippen molar-refractivity contribution in [1.82, 2.24) is 4.31 Å². The van der Waals surface area contributed by atoms with Crippen LogP contribution >= 0.6 is 0 Å². The molecule has 130 valence electrons. The van der Waals surface area contributed by atoms with Crippen LogP contribution in [0.25, 0.3) is 0 Å². The Balaban J connectivity index is 1.62. The van der Waals surface area contributed by atoms with Gasteiger partial charge >= 0.3 is 0 Å². The standard InChI is InChI=1S/C19H19NO4S/c21-25(22,20-8-5-13-3-1-2-4-15(13)12-20)19-16-7-10-23-17(16)11-14-6-9-24-18(14)19/h1-4,11H,5-10,12H2. The maximum absolute atomic E-state index is 13.5. The first-order chi connectivity index (χ1) is 12.1. The Kier molecular flexibility index (Phi) is 3.33. The summed E-state index contributed by atoms with van der Waals surface area (Å²) >= 11 is 0. The highest BCUT2D eigenvalue weighted by atomic mass is 32.2. The minimum atomic E-state index is -3.63. The minimum Gasteiger partial charge on any atom is -0.493 e. The third-order valence-electron chi connectivity index (χ3n) is 5.30. The van der Waals surface area contributed by atoms with Crippen LogP contribution in [0.15, 0.2) is 35.2 Å². The van der Waals surface area contributed by atoms with E-state index in [1.807, 2.05) is 24.3 Å². The fourth-order valence-corrected chi connectivity index (χ4v) is 5.86. The topological polar surface area (TPSA) is 55.8 Å². The molecule has 0 N–H and O–H groups in total. The van der Waals surface area contributed by atoms with Crippen molar-refractivity contribution in [3.63, 3.8) is 0 Å². The van der Waals surface area contributed by atoms with Crippen LogP contribution in [0.1, 0.15) is 22.3 Å². The first-order valence-corrected chi connectivity index (χ1v) is 10.1. The van der Waals surface area contributed by atoms with Crippen molar-refractivity contribution in [3.8, 4) is 11.5 Å². The van der Waals surface area contributed by atoms with Gasteiger partial charge in [-0.1, -0.05) is 24.3 Å². The predicted molar refractivity (Wildman–Crippen MR) is 92.6 cm³/mol. The van der Waals surface area contributed by atoms with Crippen LogP contribution in [0.4, 0.5) is 0 Å². The van der Waals surface area contributed by atoms with Crippen LogP contribution in [-0.2, 0) is 35.8 Å². The average molecular weight is 357 g/mol. The van der Waals surface area contributed by atoms with Crippen LogP contribution in [0.2, 0.25) is 0 Å². The Morgan fingerprint density at radius 2 is 1.72 bits per heavy atom. The third kappa shape index (κ3) is 2.28. The summed E-state index contributed by atoms with van der Waals surface area (Å²) in [5.41, 5.74) is 4.03. The second kappa shape index (κ2) is 5.47. The highest BCUT2D eigenvalue weighted by Crippen LogP contribution is 2.44. The molecule has 0 unspecified atom stereocenters. The second-order valence-electron chi connectivity index (χ2n) is 6.72. The lowest BCUT2D eigenvalue weighted by atomic mass is 10.0. The maximum atomic E-state index is 13.5. The van der Waals surface area contributed by atoms with Gasteiger partial charge in [0.25, 0.3) is 0 Å². The largest absolute Gasteiger partial charge is 0.493 e. The molecule has 3 aliphatic rings. The van der Waals surface area contributed by atoms with E-state index in [9.17, 15) is 8.42 Å². The van der Waals surface area contributed by atoms with Gasteiger partial charge < -0.3 is 9.47 Å². The molecule has 0 saturated heterocycles. The third-order valence-corrected chi connectivity index (χ3v) is 7.23. The molecular formula is C19H19NO4S. The predicted octanol–water partition coefficient (Wildman–Crippen LogP) is 2.30. The van der Waals surface area contributed by atoms with E-state index in [1.54, 1.807) is 4.31 Å². The van der Waals surface area contributed by atoms with Crippen LogP contribution in [0, 0.1) is 0 Å². The molecule has 0 bridgehead atoms. The van der Waals surface area contributed by atoms with Gasteiger partial charge in [0.15, 0.2) is 0 Å². The number of hydrogen-bond donors (Lipinski definition) is 0. The van der Waals surface area contributed by atoms with Gasteiger partial charge in [0.05, 0.1) is 13.2 Å². The first-order valence-electron chi connectivity index (χ1n) is 8.66. The number of rotatable bonds is 2. The molecule has 5 rings (SSSR count). The molecule has 25 heavy (non-hydrogen) atoms. The minimum absolute atomic E-state index is 0.342. The Morgan fingerprint density at radius 3 is 2.60 bits per heavy atom. The zero-order valence-corrected chi connectivity index (χ0v) is 14.6. The van der Waals surface area contributed by atoms with Gasteiger partial charge in [-0.05, 0) is 23.6 Å². The fraction of sp³-hybridized carbons (Fsp3) is 0.368. The molecule has 5 nitrogen and oxygen atoms in total. The molecule has 2 aromatic carbocycles. The average Bonchev–Trinajstić information content (AvgIpc) is 3.27. The SMILES string of the molecule is O=S(=O)(c1c2c(cc3c1OCC3)OCC2)N1CCc2ccccc2C1. The molecule has 0 saturated carbocycles. The summed E-state index contributed by atoms with van der Waals surface area (Å²) in [5.74, 6) is 1.25. The molecule has 3 aliphatic heterocycles. The first kappa shape index (κ1) is 15.2. The van der Waals surface area contributed by atoms with Gasteiger partial charge in [-0.15, -0.1) is 0 Å². The number of nitrogens with zero attached hydrogens (tertiary/aromatic N) is 1. The Labute approximate surface area is 147 Å². The summed E-state index contributed by atoms with van der Waals surface area (Å²) in [7, 11) is -3.63. The van der Waals surface area contributed by atoms with E-state index in [-0.39, 0.29) is 0 Å². The van der Waals surface area contributed by atoms with Gasteiger partial charge in [-0.3, -0.25) is 0 Å². The van der Waals surface area contributed by atoms with E-state index >= 15 is 0 Å². The Morgan fingerprint density at radius 1 is 0.920 bits per heavy atom. The van der Waals surface area contributed by atoms with Crippen LogP contribution in [0.3, 0.4) is 0 Å². The summed E-state index contributed by atoms with van der Waals surface area (Å²) < 4.78 is 40.0. The monoisotopic (exact) mass is 357 g/mol. The number of fused-ring (bicyclic) bond motifs is 3. The van der Waals surface area contributed by atoms with E-state index in [4.69, 9.17) is 9.47 Å². The molecule has 6 heteroatoms. The molecule has 0 aromatic heterocycles. The van der Waals surface area contributed by atoms with Crippen molar-refractivity contribution in [2.24, 2.45) is 0 Å². The molecular weight excluding hydrogens is 338 g/mol. The van der Waals surface area contributed by atoms with Gasteiger partial charge in [0.2, 0.25) is 10.0 Å². The summed E-state index contributed by atoms with van der Waals surface area (Å²) in [4.78, 5) is 0.342. The zero-order valence-electron chi connectivity index (χ0n) is 13.8. The summed E-state index contributed by atoms with van der Waals surface area (Å²) in [6.07, 6.45) is 2.09. The Hall–Kier alpha value is -2.05. The molecule has 3 heterocycles. The van der Waals surface area contributed by atoms with Gasteiger partial charge in [0, 0.05) is 37.1 Å². The highest BCUT2D eigenvalue weighted by molar-refractivity contribution is 7.89. The molecule has 0 aliphatic carbocycles.